The molecule has 0 bridgehead atoms. The van der Waals surface area contributed by atoms with Crippen molar-refractivity contribution in [3.63, 3.8) is 0 Å². The van der Waals surface area contributed by atoms with Gasteiger partial charge in [0.1, 0.15) is 6.17 Å². The molecule has 4 atom stereocenters. The maximum Gasteiger partial charge on any atom is 0.216 e. The topological polar surface area (TPSA) is 32.3 Å². The van der Waals surface area contributed by atoms with E-state index in [0.717, 1.165) is 13.0 Å². The standard InChI is InChI=1S/C17H25FN2O/c1-4-15-12(2)17(18)16(10-19-13(3)21)20(15)11-14-8-6-5-7-9-14/h5-9,12,15-17H,4,10-11H2,1-3H3,(H,19,21)/t12-,15-,16-,17-/m1/s1. The fourth-order valence-electron chi connectivity index (χ4n) is 3.41. The van der Waals surface area contributed by atoms with E-state index in [1.165, 1.54) is 12.5 Å². The number of nitrogens with zero attached hydrogens (tertiary/aromatic N) is 1. The van der Waals surface area contributed by atoms with Crippen molar-refractivity contribution in [2.24, 2.45) is 5.92 Å². The van der Waals surface area contributed by atoms with Crippen LogP contribution in [0.2, 0.25) is 0 Å². The van der Waals surface area contributed by atoms with Crippen LogP contribution in [0.25, 0.3) is 0 Å². The summed E-state index contributed by atoms with van der Waals surface area (Å²) in [6.45, 7) is 6.67. The number of alkyl halides is 1. The molecule has 1 aliphatic heterocycles. The molecular weight excluding hydrogens is 267 g/mol. The van der Waals surface area contributed by atoms with E-state index in [1.807, 2.05) is 25.1 Å². The summed E-state index contributed by atoms with van der Waals surface area (Å²) < 4.78 is 14.6. The van der Waals surface area contributed by atoms with Gasteiger partial charge in [0.25, 0.3) is 0 Å². The van der Waals surface area contributed by atoms with Crippen molar-refractivity contribution in [2.75, 3.05) is 6.54 Å². The van der Waals surface area contributed by atoms with Crippen LogP contribution in [0.4, 0.5) is 4.39 Å². The van der Waals surface area contributed by atoms with Gasteiger partial charge >= 0.3 is 0 Å². The van der Waals surface area contributed by atoms with Crippen LogP contribution in [0.1, 0.15) is 32.8 Å². The van der Waals surface area contributed by atoms with E-state index in [4.69, 9.17) is 0 Å². The molecule has 0 spiro atoms. The summed E-state index contributed by atoms with van der Waals surface area (Å²) in [5, 5.41) is 2.78. The normalized spacial score (nSPS) is 29.5. The van der Waals surface area contributed by atoms with Crippen molar-refractivity contribution in [3.05, 3.63) is 35.9 Å². The summed E-state index contributed by atoms with van der Waals surface area (Å²) >= 11 is 0. The van der Waals surface area contributed by atoms with Crippen molar-refractivity contribution >= 4 is 5.91 Å². The van der Waals surface area contributed by atoms with Gasteiger partial charge in [-0.2, -0.15) is 0 Å². The summed E-state index contributed by atoms with van der Waals surface area (Å²) in [5.74, 6) is -0.105. The minimum absolute atomic E-state index is 0.00234. The van der Waals surface area contributed by atoms with Gasteiger partial charge in [0.15, 0.2) is 0 Å². The second-order valence-electron chi connectivity index (χ2n) is 5.94. The van der Waals surface area contributed by atoms with Gasteiger partial charge in [0, 0.05) is 32.0 Å². The molecule has 0 aromatic heterocycles. The van der Waals surface area contributed by atoms with Gasteiger partial charge in [0.05, 0.1) is 6.04 Å². The van der Waals surface area contributed by atoms with Crippen LogP contribution in [0, 0.1) is 5.92 Å². The molecule has 1 saturated heterocycles. The van der Waals surface area contributed by atoms with Crippen molar-refractivity contribution in [1.29, 1.82) is 0 Å². The maximum absolute atomic E-state index is 14.6. The predicted molar refractivity (Wildman–Crippen MR) is 82.6 cm³/mol. The van der Waals surface area contributed by atoms with Crippen molar-refractivity contribution in [2.45, 2.75) is 52.0 Å². The molecule has 116 valence electrons. The zero-order valence-electron chi connectivity index (χ0n) is 13.1. The van der Waals surface area contributed by atoms with Gasteiger partial charge < -0.3 is 5.32 Å². The predicted octanol–water partition coefficient (Wildman–Crippen LogP) is 2.76. The minimum Gasteiger partial charge on any atom is -0.355 e. The van der Waals surface area contributed by atoms with Gasteiger partial charge in [-0.15, -0.1) is 0 Å². The minimum atomic E-state index is -0.898. The van der Waals surface area contributed by atoms with Crippen molar-refractivity contribution in [3.8, 4) is 0 Å². The number of carbonyl (C=O) groups is 1. The molecule has 2 rings (SSSR count). The van der Waals surface area contributed by atoms with E-state index in [2.05, 4.69) is 29.3 Å². The Labute approximate surface area is 126 Å². The van der Waals surface area contributed by atoms with Crippen LogP contribution >= 0.6 is 0 Å². The molecule has 1 aromatic carbocycles. The molecule has 0 unspecified atom stereocenters. The number of nitrogens with one attached hydrogen (secondary N) is 1. The van der Waals surface area contributed by atoms with Gasteiger partial charge in [-0.3, -0.25) is 9.69 Å². The highest BCUT2D eigenvalue weighted by atomic mass is 19.1. The van der Waals surface area contributed by atoms with Crippen molar-refractivity contribution < 1.29 is 9.18 Å². The van der Waals surface area contributed by atoms with E-state index < -0.39 is 6.17 Å². The lowest BCUT2D eigenvalue weighted by atomic mass is 9.98. The summed E-state index contributed by atoms with van der Waals surface area (Å²) in [5.41, 5.74) is 1.19. The smallest absolute Gasteiger partial charge is 0.216 e. The van der Waals surface area contributed by atoms with Crippen molar-refractivity contribution in [1.82, 2.24) is 10.2 Å². The number of amides is 1. The van der Waals surface area contributed by atoms with E-state index in [1.54, 1.807) is 0 Å². The molecule has 0 saturated carbocycles. The number of carbonyl (C=O) groups excluding carboxylic acids is 1. The molecule has 1 heterocycles. The maximum atomic E-state index is 14.6. The molecule has 1 aliphatic rings. The van der Waals surface area contributed by atoms with E-state index in [-0.39, 0.29) is 23.9 Å². The monoisotopic (exact) mass is 292 g/mol. The Morgan fingerprint density at radius 1 is 1.29 bits per heavy atom. The van der Waals surface area contributed by atoms with Gasteiger partial charge in [-0.05, 0) is 12.0 Å². The average molecular weight is 292 g/mol. The third-order valence-corrected chi connectivity index (χ3v) is 4.52. The largest absolute Gasteiger partial charge is 0.355 e. The molecule has 4 heteroatoms. The van der Waals surface area contributed by atoms with Gasteiger partial charge in [0.2, 0.25) is 5.91 Å². The summed E-state index contributed by atoms with van der Waals surface area (Å²) in [7, 11) is 0. The van der Waals surface area contributed by atoms with Gasteiger partial charge in [-0.25, -0.2) is 4.39 Å². The third-order valence-electron chi connectivity index (χ3n) is 4.52. The Balaban J connectivity index is 2.16. The summed E-state index contributed by atoms with van der Waals surface area (Å²) in [6, 6.07) is 10.1. The Morgan fingerprint density at radius 2 is 1.95 bits per heavy atom. The van der Waals surface area contributed by atoms with Crippen LogP contribution in [0.5, 0.6) is 0 Å². The van der Waals surface area contributed by atoms with Crippen LogP contribution in [0.3, 0.4) is 0 Å². The van der Waals surface area contributed by atoms with Crippen LogP contribution in [-0.4, -0.2) is 35.6 Å². The first-order valence-corrected chi connectivity index (χ1v) is 7.72. The summed E-state index contributed by atoms with van der Waals surface area (Å²) in [4.78, 5) is 13.4. The van der Waals surface area contributed by atoms with Crippen LogP contribution in [0.15, 0.2) is 30.3 Å². The lowest BCUT2D eigenvalue weighted by Crippen LogP contribution is -2.45. The van der Waals surface area contributed by atoms with E-state index in [9.17, 15) is 9.18 Å². The SMILES string of the molecule is CC[C@@H]1[C@@H](C)[C@@H](F)[C@@H](CNC(C)=O)N1Cc1ccccc1. The molecule has 3 nitrogen and oxygen atoms in total. The average Bonchev–Trinajstić information content (AvgIpc) is 2.69. The number of likely N-dealkylation sites (tertiary alicyclic amines) is 1. The fraction of sp³-hybridized carbons (Fsp3) is 0.588. The van der Waals surface area contributed by atoms with Crippen LogP contribution in [-0.2, 0) is 11.3 Å². The first kappa shape index (κ1) is 16.0. The molecule has 0 radical (unpaired) electrons. The van der Waals surface area contributed by atoms with Gasteiger partial charge in [-0.1, -0.05) is 44.2 Å². The zero-order valence-corrected chi connectivity index (χ0v) is 13.1. The number of halogens is 1. The molecule has 1 aromatic rings. The molecule has 1 amide bonds. The Hall–Kier alpha value is -1.42. The van der Waals surface area contributed by atoms with Crippen LogP contribution < -0.4 is 5.32 Å². The Morgan fingerprint density at radius 3 is 2.52 bits per heavy atom. The molecule has 1 fully saturated rings. The molecular formula is C17H25FN2O. The fourth-order valence-corrected chi connectivity index (χ4v) is 3.41. The first-order chi connectivity index (χ1) is 10.0. The zero-order chi connectivity index (χ0) is 15.4. The number of benzene rings is 1. The number of hydrogen-bond acceptors (Lipinski definition) is 2. The highest BCUT2D eigenvalue weighted by molar-refractivity contribution is 5.72. The second kappa shape index (κ2) is 7.03. The highest BCUT2D eigenvalue weighted by Gasteiger charge is 2.45. The third kappa shape index (κ3) is 3.62. The lowest BCUT2D eigenvalue weighted by molar-refractivity contribution is -0.119. The number of rotatable bonds is 5. The van der Waals surface area contributed by atoms with E-state index >= 15 is 0 Å². The van der Waals surface area contributed by atoms with E-state index in [0.29, 0.717) is 6.54 Å². The molecule has 1 N–H and O–H groups in total. The Bertz CT molecular complexity index is 465. The second-order valence-corrected chi connectivity index (χ2v) is 5.94. The molecule has 21 heavy (non-hydrogen) atoms. The first-order valence-electron chi connectivity index (χ1n) is 7.72. The quantitative estimate of drug-likeness (QED) is 0.905. The number of hydrogen-bond donors (Lipinski definition) is 1. The summed E-state index contributed by atoms with van der Waals surface area (Å²) in [6.07, 6.45) is 0.0239. The Kier molecular flexibility index (Phi) is 5.34. The highest BCUT2D eigenvalue weighted by Crippen LogP contribution is 2.35. The molecule has 0 aliphatic carbocycles. The lowest BCUT2D eigenvalue weighted by Gasteiger charge is -2.30.